The highest BCUT2D eigenvalue weighted by atomic mass is 127. The molecule has 2 heterocycles. The molecule has 2 fully saturated rings. The maximum atomic E-state index is 14.5. The van der Waals surface area contributed by atoms with Gasteiger partial charge in [-0.15, -0.1) is 24.0 Å². The number of guanidine groups is 1. The molecule has 170 valence electrons. The summed E-state index contributed by atoms with van der Waals surface area (Å²) in [6, 6.07) is 5.39. The number of hydrogen-bond donors (Lipinski definition) is 2. The number of morpholine rings is 1. The van der Waals surface area contributed by atoms with Gasteiger partial charge >= 0.3 is 0 Å². The van der Waals surface area contributed by atoms with Gasteiger partial charge in [-0.2, -0.15) is 0 Å². The van der Waals surface area contributed by atoms with Crippen molar-refractivity contribution in [2.75, 3.05) is 71.2 Å². The van der Waals surface area contributed by atoms with E-state index in [0.717, 1.165) is 57.9 Å². The first kappa shape index (κ1) is 25.1. The Morgan fingerprint density at radius 2 is 2.07 bits per heavy atom. The number of nitrogens with one attached hydrogen (secondary N) is 2. The van der Waals surface area contributed by atoms with Gasteiger partial charge in [-0.25, -0.2) is 4.39 Å². The van der Waals surface area contributed by atoms with Crippen LogP contribution in [0.4, 0.5) is 10.1 Å². The Balaban J connectivity index is 0.00000320. The molecule has 7 nitrogen and oxygen atoms in total. The molecule has 30 heavy (non-hydrogen) atoms. The average Bonchev–Trinajstić information content (AvgIpc) is 3.27. The number of aliphatic imine (C=N–C) groups is 1. The van der Waals surface area contributed by atoms with Gasteiger partial charge in [0.2, 0.25) is 0 Å². The normalized spacial score (nSPS) is 19.5. The third-order valence-electron chi connectivity index (χ3n) is 5.18. The third kappa shape index (κ3) is 8.16. The molecule has 0 radical (unpaired) electrons. The van der Waals surface area contributed by atoms with Crippen molar-refractivity contribution in [3.63, 3.8) is 0 Å². The third-order valence-corrected chi connectivity index (χ3v) is 5.18. The molecule has 1 atom stereocenters. The van der Waals surface area contributed by atoms with Crippen molar-refractivity contribution in [1.82, 2.24) is 10.6 Å². The van der Waals surface area contributed by atoms with Gasteiger partial charge in [-0.3, -0.25) is 4.99 Å². The van der Waals surface area contributed by atoms with Crippen molar-refractivity contribution in [2.45, 2.75) is 19.4 Å². The van der Waals surface area contributed by atoms with Gasteiger partial charge < -0.3 is 29.7 Å². The molecule has 9 heteroatoms. The van der Waals surface area contributed by atoms with E-state index < -0.39 is 0 Å². The van der Waals surface area contributed by atoms with Crippen LogP contribution < -0.4 is 15.5 Å². The Labute approximate surface area is 195 Å². The SMILES string of the molecule is CN=C(NCCCOCC1CCOC1)NCc1ccc(N2CCOCC2)c(F)c1.I. The van der Waals surface area contributed by atoms with Crippen LogP contribution in [0.2, 0.25) is 0 Å². The number of nitrogens with zero attached hydrogens (tertiary/aromatic N) is 2. The molecule has 0 saturated carbocycles. The predicted molar refractivity (Wildman–Crippen MR) is 127 cm³/mol. The van der Waals surface area contributed by atoms with E-state index in [4.69, 9.17) is 14.2 Å². The molecule has 3 rings (SSSR count). The van der Waals surface area contributed by atoms with E-state index in [1.165, 1.54) is 0 Å². The van der Waals surface area contributed by atoms with E-state index in [1.807, 2.05) is 17.0 Å². The number of rotatable bonds is 9. The second-order valence-electron chi connectivity index (χ2n) is 7.40. The molecule has 0 aromatic heterocycles. The van der Waals surface area contributed by atoms with Gasteiger partial charge in [0.05, 0.1) is 32.1 Å². The van der Waals surface area contributed by atoms with Crippen LogP contribution in [0, 0.1) is 11.7 Å². The summed E-state index contributed by atoms with van der Waals surface area (Å²) in [5.41, 5.74) is 1.52. The van der Waals surface area contributed by atoms with E-state index in [9.17, 15) is 4.39 Å². The Hall–Kier alpha value is -1.17. The van der Waals surface area contributed by atoms with E-state index in [1.54, 1.807) is 13.1 Å². The van der Waals surface area contributed by atoms with Crippen LogP contribution >= 0.6 is 24.0 Å². The highest BCUT2D eigenvalue weighted by Gasteiger charge is 2.16. The maximum absolute atomic E-state index is 14.5. The van der Waals surface area contributed by atoms with Crippen LogP contribution in [0.3, 0.4) is 0 Å². The lowest BCUT2D eigenvalue weighted by Gasteiger charge is -2.29. The summed E-state index contributed by atoms with van der Waals surface area (Å²) in [5.74, 6) is 1.05. The molecule has 2 aliphatic rings. The highest BCUT2D eigenvalue weighted by molar-refractivity contribution is 14.0. The minimum atomic E-state index is -0.195. The van der Waals surface area contributed by atoms with Crippen molar-refractivity contribution in [1.29, 1.82) is 0 Å². The fourth-order valence-corrected chi connectivity index (χ4v) is 3.47. The molecule has 0 spiro atoms. The smallest absolute Gasteiger partial charge is 0.191 e. The van der Waals surface area contributed by atoms with Crippen LogP contribution in [-0.2, 0) is 20.8 Å². The summed E-state index contributed by atoms with van der Waals surface area (Å²) >= 11 is 0. The number of ether oxygens (including phenoxy) is 3. The summed E-state index contributed by atoms with van der Waals surface area (Å²) in [7, 11) is 1.73. The van der Waals surface area contributed by atoms with Crippen molar-refractivity contribution in [3.8, 4) is 0 Å². The van der Waals surface area contributed by atoms with E-state index in [2.05, 4.69) is 15.6 Å². The predicted octanol–water partition coefficient (Wildman–Crippen LogP) is 2.39. The summed E-state index contributed by atoms with van der Waals surface area (Å²) in [4.78, 5) is 6.24. The van der Waals surface area contributed by atoms with Crippen LogP contribution in [0.5, 0.6) is 0 Å². The van der Waals surface area contributed by atoms with Crippen LogP contribution in [0.15, 0.2) is 23.2 Å². The molecular weight excluding hydrogens is 502 g/mol. The van der Waals surface area contributed by atoms with Crippen molar-refractivity contribution in [2.24, 2.45) is 10.9 Å². The molecule has 0 amide bonds. The molecular formula is C21H34FIN4O3. The quantitative estimate of drug-likeness (QED) is 0.219. The Bertz CT molecular complexity index is 653. The minimum Gasteiger partial charge on any atom is -0.381 e. The molecule has 2 N–H and O–H groups in total. The zero-order chi connectivity index (χ0) is 20.3. The molecule has 2 saturated heterocycles. The standard InChI is InChI=1S/C21H33FN4O3.HI/c1-23-21(24-6-2-9-28-15-18-5-10-29-16-18)25-14-17-3-4-20(19(22)13-17)26-7-11-27-12-8-26;/h3-4,13,18H,2,5-12,14-16H2,1H3,(H2,23,24,25);1H. The van der Waals surface area contributed by atoms with Gasteiger partial charge in [-0.1, -0.05) is 6.07 Å². The molecule has 1 unspecified atom stereocenters. The first-order chi connectivity index (χ1) is 14.3. The zero-order valence-corrected chi connectivity index (χ0v) is 20.0. The molecule has 1 aromatic rings. The molecule has 0 bridgehead atoms. The number of benzene rings is 1. The molecule has 2 aliphatic heterocycles. The largest absolute Gasteiger partial charge is 0.381 e. The zero-order valence-electron chi connectivity index (χ0n) is 17.7. The van der Waals surface area contributed by atoms with Gasteiger partial charge in [0.25, 0.3) is 0 Å². The second-order valence-corrected chi connectivity index (χ2v) is 7.40. The summed E-state index contributed by atoms with van der Waals surface area (Å²) < 4.78 is 30.9. The summed E-state index contributed by atoms with van der Waals surface area (Å²) in [5, 5.41) is 6.49. The highest BCUT2D eigenvalue weighted by Crippen LogP contribution is 2.21. The second kappa shape index (κ2) is 14.0. The Kier molecular flexibility index (Phi) is 11.7. The van der Waals surface area contributed by atoms with Gasteiger partial charge in [0.15, 0.2) is 5.96 Å². The van der Waals surface area contributed by atoms with Gasteiger partial charge in [0, 0.05) is 52.4 Å². The van der Waals surface area contributed by atoms with Crippen molar-refractivity contribution < 1.29 is 18.6 Å². The van der Waals surface area contributed by atoms with Crippen LogP contribution in [0.1, 0.15) is 18.4 Å². The Morgan fingerprint density at radius 3 is 2.77 bits per heavy atom. The lowest BCUT2D eigenvalue weighted by Crippen LogP contribution is -2.38. The maximum Gasteiger partial charge on any atom is 0.191 e. The van der Waals surface area contributed by atoms with Crippen LogP contribution in [-0.4, -0.2) is 72.3 Å². The number of anilines is 1. The van der Waals surface area contributed by atoms with E-state index in [-0.39, 0.29) is 29.8 Å². The van der Waals surface area contributed by atoms with Gasteiger partial charge in [0.1, 0.15) is 5.82 Å². The van der Waals surface area contributed by atoms with Crippen molar-refractivity contribution >= 4 is 35.6 Å². The van der Waals surface area contributed by atoms with E-state index in [0.29, 0.717) is 43.9 Å². The lowest BCUT2D eigenvalue weighted by atomic mass is 10.1. The van der Waals surface area contributed by atoms with Crippen molar-refractivity contribution in [3.05, 3.63) is 29.6 Å². The van der Waals surface area contributed by atoms with Crippen LogP contribution in [0.25, 0.3) is 0 Å². The number of hydrogen-bond acceptors (Lipinski definition) is 5. The molecule has 0 aliphatic carbocycles. The first-order valence-electron chi connectivity index (χ1n) is 10.5. The number of halogens is 2. The minimum absolute atomic E-state index is 0. The lowest BCUT2D eigenvalue weighted by molar-refractivity contribution is 0.0888. The van der Waals surface area contributed by atoms with Gasteiger partial charge in [-0.05, 0) is 30.5 Å². The topological polar surface area (TPSA) is 67.4 Å². The summed E-state index contributed by atoms with van der Waals surface area (Å²) in [6.45, 7) is 7.19. The first-order valence-corrected chi connectivity index (χ1v) is 10.5. The monoisotopic (exact) mass is 536 g/mol. The van der Waals surface area contributed by atoms with E-state index >= 15 is 0 Å². The average molecular weight is 536 g/mol. The Morgan fingerprint density at radius 1 is 1.23 bits per heavy atom. The fraction of sp³-hybridized carbons (Fsp3) is 0.667. The summed E-state index contributed by atoms with van der Waals surface area (Å²) in [6.07, 6.45) is 2.00. The molecule has 1 aromatic carbocycles. The fourth-order valence-electron chi connectivity index (χ4n) is 3.47.